The fourth-order valence-corrected chi connectivity index (χ4v) is 5.24. The summed E-state index contributed by atoms with van der Waals surface area (Å²) in [5, 5.41) is 20.8. The average molecular weight is 498 g/mol. The Balaban J connectivity index is 1.21. The van der Waals surface area contributed by atoms with Gasteiger partial charge in [0.15, 0.2) is 5.69 Å². The summed E-state index contributed by atoms with van der Waals surface area (Å²) in [5.41, 5.74) is 4.96. The molecule has 2 aliphatic rings. The van der Waals surface area contributed by atoms with Crippen LogP contribution in [0.1, 0.15) is 41.7 Å². The van der Waals surface area contributed by atoms with Gasteiger partial charge in [-0.05, 0) is 61.1 Å². The van der Waals surface area contributed by atoms with Gasteiger partial charge in [-0.3, -0.25) is 19.8 Å². The maximum Gasteiger partial charge on any atom is 0.276 e. The monoisotopic (exact) mass is 497 g/mol. The number of pyridine rings is 2. The van der Waals surface area contributed by atoms with Crippen molar-refractivity contribution in [3.63, 3.8) is 0 Å². The lowest BCUT2D eigenvalue weighted by Crippen LogP contribution is -2.35. The minimum atomic E-state index is -0.263. The van der Waals surface area contributed by atoms with E-state index in [0.717, 1.165) is 79.0 Å². The lowest BCUT2D eigenvalue weighted by Gasteiger charge is -2.29. The van der Waals surface area contributed by atoms with Crippen LogP contribution in [0.15, 0.2) is 55.0 Å². The molecular formula is C28H31N7O2. The van der Waals surface area contributed by atoms with Crippen LogP contribution in [0.25, 0.3) is 22.0 Å². The second-order valence-electron chi connectivity index (χ2n) is 9.97. The van der Waals surface area contributed by atoms with E-state index in [0.29, 0.717) is 11.4 Å². The number of piperidine rings is 1. The van der Waals surface area contributed by atoms with Gasteiger partial charge in [-0.2, -0.15) is 5.10 Å². The molecule has 2 saturated heterocycles. The van der Waals surface area contributed by atoms with Crippen molar-refractivity contribution in [2.75, 3.05) is 36.4 Å². The third-order valence-corrected chi connectivity index (χ3v) is 7.30. The van der Waals surface area contributed by atoms with E-state index in [2.05, 4.69) is 41.3 Å². The second-order valence-corrected chi connectivity index (χ2v) is 9.97. The van der Waals surface area contributed by atoms with E-state index in [4.69, 9.17) is 0 Å². The highest BCUT2D eigenvalue weighted by atomic mass is 16.3. The predicted octanol–water partition coefficient (Wildman–Crippen LogP) is 3.83. The van der Waals surface area contributed by atoms with Crippen LogP contribution in [0.4, 0.5) is 11.5 Å². The van der Waals surface area contributed by atoms with E-state index < -0.39 is 0 Å². The van der Waals surface area contributed by atoms with Crippen molar-refractivity contribution in [3.05, 3.63) is 66.2 Å². The fourth-order valence-electron chi connectivity index (χ4n) is 5.24. The Morgan fingerprint density at radius 2 is 1.86 bits per heavy atom. The topological polar surface area (TPSA) is 110 Å². The zero-order valence-electron chi connectivity index (χ0n) is 20.7. The molecule has 2 fully saturated rings. The zero-order chi connectivity index (χ0) is 25.2. The summed E-state index contributed by atoms with van der Waals surface area (Å²) >= 11 is 0. The van der Waals surface area contributed by atoms with Gasteiger partial charge in [0.05, 0.1) is 11.6 Å². The first-order valence-corrected chi connectivity index (χ1v) is 13.0. The number of fused-ring (bicyclic) bond motifs is 1. The van der Waals surface area contributed by atoms with Crippen molar-refractivity contribution in [3.8, 4) is 11.1 Å². The van der Waals surface area contributed by atoms with Crippen LogP contribution in [0.3, 0.4) is 0 Å². The maximum atomic E-state index is 13.2. The summed E-state index contributed by atoms with van der Waals surface area (Å²) in [5.74, 6) is 0.624. The number of carbonyl (C=O) groups is 1. The number of likely N-dealkylation sites (tertiary alicyclic amines) is 1. The number of aliphatic hydroxyl groups excluding tert-OH is 1. The molecule has 4 aromatic rings. The molecule has 2 aliphatic heterocycles. The molecular weight excluding hydrogens is 466 g/mol. The van der Waals surface area contributed by atoms with E-state index in [1.54, 1.807) is 12.3 Å². The molecule has 1 aromatic carbocycles. The molecule has 0 radical (unpaired) electrons. The van der Waals surface area contributed by atoms with Crippen molar-refractivity contribution in [1.82, 2.24) is 25.1 Å². The molecule has 6 rings (SSSR count). The summed E-state index contributed by atoms with van der Waals surface area (Å²) in [7, 11) is 0. The summed E-state index contributed by atoms with van der Waals surface area (Å²) in [6, 6.07) is 11.8. The van der Waals surface area contributed by atoms with Crippen molar-refractivity contribution in [2.24, 2.45) is 0 Å². The number of hydrogen-bond acceptors (Lipinski definition) is 7. The van der Waals surface area contributed by atoms with Gasteiger partial charge < -0.3 is 15.3 Å². The van der Waals surface area contributed by atoms with Crippen LogP contribution in [-0.4, -0.2) is 68.4 Å². The molecule has 0 saturated carbocycles. The van der Waals surface area contributed by atoms with Crippen molar-refractivity contribution < 1.29 is 9.90 Å². The first-order valence-electron chi connectivity index (χ1n) is 13.0. The lowest BCUT2D eigenvalue weighted by molar-refractivity contribution is 0.0792. The quantitative estimate of drug-likeness (QED) is 0.371. The minimum absolute atomic E-state index is 0.181. The number of benzene rings is 1. The molecule has 37 heavy (non-hydrogen) atoms. The highest BCUT2D eigenvalue weighted by Gasteiger charge is 2.19. The molecule has 1 amide bonds. The molecule has 3 aromatic heterocycles. The Hall–Kier alpha value is -3.82. The number of nitrogens with zero attached hydrogens (tertiary/aromatic N) is 5. The van der Waals surface area contributed by atoms with E-state index in [1.165, 1.54) is 12.8 Å². The standard InChI is InChI=1S/C28H31N7O2/c36-23-6-11-34(12-7-23)18-19-13-21(17-29-16-19)20-3-4-25-24(14-20)27(33-32-25)28(37)31-22-5-8-30-26(15-22)35-9-1-2-10-35/h3-5,8,13-17,23,36H,1-2,6-7,9-12,18H2,(H,32,33)(H,30,31,37). The van der Waals surface area contributed by atoms with Crippen LogP contribution >= 0.6 is 0 Å². The number of rotatable bonds is 6. The molecule has 3 N–H and O–H groups in total. The number of aromatic nitrogens is 4. The van der Waals surface area contributed by atoms with Crippen molar-refractivity contribution in [2.45, 2.75) is 38.3 Å². The smallest absolute Gasteiger partial charge is 0.276 e. The van der Waals surface area contributed by atoms with Gasteiger partial charge in [-0.25, -0.2) is 4.98 Å². The average Bonchev–Trinajstić information content (AvgIpc) is 3.61. The van der Waals surface area contributed by atoms with Gasteiger partial charge in [-0.1, -0.05) is 6.07 Å². The highest BCUT2D eigenvalue weighted by molar-refractivity contribution is 6.11. The summed E-state index contributed by atoms with van der Waals surface area (Å²) in [4.78, 5) is 26.7. The third kappa shape index (κ3) is 5.19. The van der Waals surface area contributed by atoms with Gasteiger partial charge in [0.1, 0.15) is 5.82 Å². The maximum absolute atomic E-state index is 13.2. The molecule has 5 heterocycles. The Kier molecular flexibility index (Phi) is 6.55. The van der Waals surface area contributed by atoms with E-state index in [9.17, 15) is 9.90 Å². The largest absolute Gasteiger partial charge is 0.393 e. The van der Waals surface area contributed by atoms with Gasteiger partial charge in [-0.15, -0.1) is 0 Å². The predicted molar refractivity (Wildman–Crippen MR) is 143 cm³/mol. The number of amides is 1. The SMILES string of the molecule is O=C(Nc1ccnc(N2CCCC2)c1)c1n[nH]c2ccc(-c3cncc(CN4CCC(O)CC4)c3)cc12. The normalized spacial score (nSPS) is 16.9. The van der Waals surface area contributed by atoms with Crippen LogP contribution in [0.2, 0.25) is 0 Å². The Morgan fingerprint density at radius 3 is 2.70 bits per heavy atom. The Bertz CT molecular complexity index is 1400. The van der Waals surface area contributed by atoms with Gasteiger partial charge in [0, 0.05) is 74.0 Å². The van der Waals surface area contributed by atoms with E-state index >= 15 is 0 Å². The fraction of sp³-hybridized carbons (Fsp3) is 0.357. The zero-order valence-corrected chi connectivity index (χ0v) is 20.7. The van der Waals surface area contributed by atoms with Crippen LogP contribution < -0.4 is 10.2 Å². The third-order valence-electron chi connectivity index (χ3n) is 7.30. The summed E-state index contributed by atoms with van der Waals surface area (Å²) < 4.78 is 0. The number of nitrogens with one attached hydrogen (secondary N) is 2. The molecule has 9 nitrogen and oxygen atoms in total. The summed E-state index contributed by atoms with van der Waals surface area (Å²) in [6.45, 7) is 4.58. The Morgan fingerprint density at radius 1 is 1.03 bits per heavy atom. The number of aliphatic hydroxyl groups is 1. The first-order chi connectivity index (χ1) is 18.1. The number of aromatic amines is 1. The number of hydrogen-bond donors (Lipinski definition) is 3. The number of anilines is 2. The minimum Gasteiger partial charge on any atom is -0.393 e. The molecule has 9 heteroatoms. The first kappa shape index (κ1) is 23.6. The van der Waals surface area contributed by atoms with Crippen LogP contribution in [0, 0.1) is 0 Å². The molecule has 0 bridgehead atoms. The molecule has 0 aliphatic carbocycles. The van der Waals surface area contributed by atoms with Gasteiger partial charge >= 0.3 is 0 Å². The van der Waals surface area contributed by atoms with E-state index in [-0.39, 0.29) is 12.0 Å². The molecule has 190 valence electrons. The number of carbonyl (C=O) groups excluding carboxylic acids is 1. The van der Waals surface area contributed by atoms with Crippen LogP contribution in [-0.2, 0) is 6.54 Å². The van der Waals surface area contributed by atoms with Crippen LogP contribution in [0.5, 0.6) is 0 Å². The summed E-state index contributed by atoms with van der Waals surface area (Å²) in [6.07, 6.45) is 9.26. The molecule has 0 atom stereocenters. The van der Waals surface area contributed by atoms with Crippen molar-refractivity contribution in [1.29, 1.82) is 0 Å². The Labute approximate surface area is 215 Å². The van der Waals surface area contributed by atoms with Crippen molar-refractivity contribution >= 4 is 28.3 Å². The molecule has 0 unspecified atom stereocenters. The highest BCUT2D eigenvalue weighted by Crippen LogP contribution is 2.27. The van der Waals surface area contributed by atoms with E-state index in [1.807, 2.05) is 36.7 Å². The van der Waals surface area contributed by atoms with Gasteiger partial charge in [0.25, 0.3) is 5.91 Å². The van der Waals surface area contributed by atoms with Gasteiger partial charge in [0.2, 0.25) is 0 Å². The molecule has 0 spiro atoms. The number of H-pyrrole nitrogens is 1. The second kappa shape index (κ2) is 10.3. The lowest BCUT2D eigenvalue weighted by atomic mass is 10.0.